The molecule has 3 heteroatoms. The Morgan fingerprint density at radius 1 is 1.08 bits per heavy atom. The normalized spacial score (nSPS) is 20.8. The summed E-state index contributed by atoms with van der Waals surface area (Å²) in [5.74, 6) is 0. The van der Waals surface area contributed by atoms with Gasteiger partial charge >= 0.3 is 0 Å². The predicted octanol–water partition coefficient (Wildman–Crippen LogP) is 0.955. The predicted molar refractivity (Wildman–Crippen MR) is 58.7 cm³/mol. The number of rotatable bonds is 1. The maximum atomic E-state index is 5.69. The lowest BCUT2D eigenvalue weighted by Crippen LogP contribution is -2.42. The summed E-state index contributed by atoms with van der Waals surface area (Å²) in [7, 11) is 6.00. The van der Waals surface area contributed by atoms with Crippen molar-refractivity contribution in [1.29, 1.82) is 0 Å². The Morgan fingerprint density at radius 3 is 1.69 bits per heavy atom. The van der Waals surface area contributed by atoms with Gasteiger partial charge in [0.05, 0.1) is 6.17 Å². The van der Waals surface area contributed by atoms with E-state index < -0.39 is 0 Å². The van der Waals surface area contributed by atoms with Crippen LogP contribution in [0.3, 0.4) is 0 Å². The van der Waals surface area contributed by atoms with Gasteiger partial charge in [0.15, 0.2) is 0 Å². The van der Waals surface area contributed by atoms with Crippen molar-refractivity contribution in [2.45, 2.75) is 32.4 Å². The van der Waals surface area contributed by atoms with Gasteiger partial charge in [0.25, 0.3) is 0 Å². The Kier molecular flexibility index (Phi) is 7.23. The highest BCUT2D eigenvalue weighted by molar-refractivity contribution is 4.66. The second kappa shape index (κ2) is 7.30. The minimum atomic E-state index is 0.269. The second-order valence-electron chi connectivity index (χ2n) is 4.18. The highest BCUT2D eigenvalue weighted by Gasteiger charge is 2.11. The van der Waals surface area contributed by atoms with Crippen LogP contribution in [0.1, 0.15) is 26.2 Å². The number of piperidine rings is 1. The summed E-state index contributed by atoms with van der Waals surface area (Å²) in [4.78, 5) is 4.34. The summed E-state index contributed by atoms with van der Waals surface area (Å²) in [6, 6.07) is 0. The molecule has 2 N–H and O–H groups in total. The zero-order valence-corrected chi connectivity index (χ0v) is 9.58. The molecule has 0 saturated carbocycles. The van der Waals surface area contributed by atoms with E-state index >= 15 is 0 Å². The van der Waals surface area contributed by atoms with Gasteiger partial charge < -0.3 is 10.6 Å². The molecule has 1 atom stereocenters. The quantitative estimate of drug-likeness (QED) is 0.663. The molecule has 0 amide bonds. The molecular weight excluding hydrogens is 162 g/mol. The molecule has 0 aromatic carbocycles. The summed E-state index contributed by atoms with van der Waals surface area (Å²) in [5, 5.41) is 0. The summed E-state index contributed by atoms with van der Waals surface area (Å²) in [6.07, 6.45) is 4.33. The summed E-state index contributed by atoms with van der Waals surface area (Å²) in [5.41, 5.74) is 5.69. The average molecular weight is 187 g/mol. The topological polar surface area (TPSA) is 32.5 Å². The number of hydrogen-bond acceptors (Lipinski definition) is 3. The molecule has 1 fully saturated rings. The molecule has 0 radical (unpaired) electrons. The van der Waals surface area contributed by atoms with Crippen LogP contribution in [0.5, 0.6) is 0 Å². The molecule has 1 rings (SSSR count). The first-order valence-electron chi connectivity index (χ1n) is 5.14. The Bertz CT molecular complexity index is 104. The van der Waals surface area contributed by atoms with E-state index in [0.29, 0.717) is 0 Å². The van der Waals surface area contributed by atoms with Gasteiger partial charge in [-0.25, -0.2) is 0 Å². The Hall–Kier alpha value is -0.120. The SMILES string of the molecule is CC(N)N1CCCCC1.CN(C)C. The molecule has 3 nitrogen and oxygen atoms in total. The fourth-order valence-electron chi connectivity index (χ4n) is 1.33. The van der Waals surface area contributed by atoms with Crippen LogP contribution in [0.2, 0.25) is 0 Å². The van der Waals surface area contributed by atoms with E-state index in [1.807, 2.05) is 26.0 Å². The Balaban J connectivity index is 0.000000310. The highest BCUT2D eigenvalue weighted by atomic mass is 15.2. The molecule has 0 bridgehead atoms. The van der Waals surface area contributed by atoms with Crippen molar-refractivity contribution in [3.63, 3.8) is 0 Å². The van der Waals surface area contributed by atoms with Crippen LogP contribution in [-0.4, -0.2) is 50.2 Å². The maximum Gasteiger partial charge on any atom is 0.0542 e. The third-order valence-corrected chi connectivity index (χ3v) is 1.97. The summed E-state index contributed by atoms with van der Waals surface area (Å²) in [6.45, 7) is 4.47. The van der Waals surface area contributed by atoms with Gasteiger partial charge in [-0.1, -0.05) is 6.42 Å². The van der Waals surface area contributed by atoms with Crippen molar-refractivity contribution in [2.24, 2.45) is 5.73 Å². The Morgan fingerprint density at radius 2 is 1.46 bits per heavy atom. The number of hydrogen-bond donors (Lipinski definition) is 1. The van der Waals surface area contributed by atoms with Gasteiger partial charge in [-0.05, 0) is 54.0 Å². The fraction of sp³-hybridized carbons (Fsp3) is 1.00. The van der Waals surface area contributed by atoms with Gasteiger partial charge in [-0.3, -0.25) is 4.90 Å². The average Bonchev–Trinajstić information content (AvgIpc) is 2.05. The number of likely N-dealkylation sites (tertiary alicyclic amines) is 1. The zero-order valence-electron chi connectivity index (χ0n) is 9.58. The summed E-state index contributed by atoms with van der Waals surface area (Å²) < 4.78 is 0. The minimum Gasteiger partial charge on any atom is -0.316 e. The van der Waals surface area contributed by atoms with E-state index in [9.17, 15) is 0 Å². The molecule has 0 spiro atoms. The van der Waals surface area contributed by atoms with Crippen molar-refractivity contribution in [1.82, 2.24) is 9.80 Å². The van der Waals surface area contributed by atoms with Crippen LogP contribution in [0, 0.1) is 0 Å². The standard InChI is InChI=1S/C7H16N2.C3H9N/c1-7(8)9-5-3-2-4-6-9;1-4(2)3/h7H,2-6,8H2,1H3;1-3H3. The van der Waals surface area contributed by atoms with Gasteiger partial charge in [0.2, 0.25) is 0 Å². The first kappa shape index (κ1) is 12.9. The van der Waals surface area contributed by atoms with Gasteiger partial charge in [-0.2, -0.15) is 0 Å². The number of nitrogens with zero attached hydrogens (tertiary/aromatic N) is 2. The lowest BCUT2D eigenvalue weighted by Gasteiger charge is -2.29. The smallest absolute Gasteiger partial charge is 0.0542 e. The van der Waals surface area contributed by atoms with Crippen LogP contribution < -0.4 is 5.73 Å². The molecule has 1 aliphatic heterocycles. The largest absolute Gasteiger partial charge is 0.316 e. The molecule has 0 aliphatic carbocycles. The molecule has 1 aliphatic rings. The first-order valence-corrected chi connectivity index (χ1v) is 5.14. The maximum absolute atomic E-state index is 5.69. The van der Waals surface area contributed by atoms with E-state index in [1.165, 1.54) is 32.4 Å². The third kappa shape index (κ3) is 8.22. The lowest BCUT2D eigenvalue weighted by atomic mass is 10.1. The van der Waals surface area contributed by atoms with Crippen molar-refractivity contribution in [3.8, 4) is 0 Å². The van der Waals surface area contributed by atoms with Gasteiger partial charge in [0.1, 0.15) is 0 Å². The fourth-order valence-corrected chi connectivity index (χ4v) is 1.33. The first-order chi connectivity index (χ1) is 6.04. The van der Waals surface area contributed by atoms with Crippen molar-refractivity contribution in [3.05, 3.63) is 0 Å². The monoisotopic (exact) mass is 187 g/mol. The second-order valence-corrected chi connectivity index (χ2v) is 4.18. The van der Waals surface area contributed by atoms with Gasteiger partial charge in [0, 0.05) is 0 Å². The molecule has 80 valence electrons. The van der Waals surface area contributed by atoms with E-state index in [-0.39, 0.29) is 6.17 Å². The number of nitrogens with two attached hydrogens (primary N) is 1. The van der Waals surface area contributed by atoms with Crippen molar-refractivity contribution >= 4 is 0 Å². The van der Waals surface area contributed by atoms with Crippen LogP contribution in [-0.2, 0) is 0 Å². The molecule has 1 saturated heterocycles. The van der Waals surface area contributed by atoms with Crippen LogP contribution >= 0.6 is 0 Å². The van der Waals surface area contributed by atoms with Crippen molar-refractivity contribution in [2.75, 3.05) is 34.2 Å². The van der Waals surface area contributed by atoms with Crippen molar-refractivity contribution < 1.29 is 0 Å². The molecule has 1 unspecified atom stereocenters. The van der Waals surface area contributed by atoms with Gasteiger partial charge in [-0.15, -0.1) is 0 Å². The van der Waals surface area contributed by atoms with Crippen LogP contribution in [0.25, 0.3) is 0 Å². The molecular formula is C10H25N3. The molecule has 0 aromatic heterocycles. The molecule has 1 heterocycles. The molecule has 13 heavy (non-hydrogen) atoms. The third-order valence-electron chi connectivity index (χ3n) is 1.97. The lowest BCUT2D eigenvalue weighted by molar-refractivity contribution is 0.177. The summed E-state index contributed by atoms with van der Waals surface area (Å²) >= 11 is 0. The van der Waals surface area contributed by atoms with E-state index in [0.717, 1.165) is 0 Å². The van der Waals surface area contributed by atoms with E-state index in [1.54, 1.807) is 0 Å². The van der Waals surface area contributed by atoms with E-state index in [2.05, 4.69) is 11.8 Å². The highest BCUT2D eigenvalue weighted by Crippen LogP contribution is 2.08. The zero-order chi connectivity index (χ0) is 10.3. The van der Waals surface area contributed by atoms with E-state index in [4.69, 9.17) is 5.73 Å². The van der Waals surface area contributed by atoms with Crippen LogP contribution in [0.4, 0.5) is 0 Å². The molecule has 0 aromatic rings. The minimum absolute atomic E-state index is 0.269. The van der Waals surface area contributed by atoms with Crippen LogP contribution in [0.15, 0.2) is 0 Å². The Labute approximate surface area is 82.9 Å².